The van der Waals surface area contributed by atoms with Crippen LogP contribution >= 0.6 is 11.3 Å². The van der Waals surface area contributed by atoms with Crippen LogP contribution < -0.4 is 5.32 Å². The number of benzene rings is 1. The number of amides is 1. The highest BCUT2D eigenvalue weighted by Gasteiger charge is 2.25. The Morgan fingerprint density at radius 2 is 1.84 bits per heavy atom. The Kier molecular flexibility index (Phi) is 7.36. The molecular weight excluding hydrogens is 446 g/mol. The van der Waals surface area contributed by atoms with Gasteiger partial charge in [-0.1, -0.05) is 30.2 Å². The third-order valence-electron chi connectivity index (χ3n) is 4.63. The van der Waals surface area contributed by atoms with Gasteiger partial charge in [-0.15, -0.1) is 0 Å². The lowest BCUT2D eigenvalue weighted by atomic mass is 10.2. The van der Waals surface area contributed by atoms with E-state index in [0.29, 0.717) is 24.4 Å². The van der Waals surface area contributed by atoms with E-state index in [1.54, 1.807) is 0 Å². The molecular formula is C19H21N3O7S2. The van der Waals surface area contributed by atoms with Gasteiger partial charge < -0.3 is 10.1 Å². The maximum atomic E-state index is 12.9. The van der Waals surface area contributed by atoms with Crippen LogP contribution in [0.2, 0.25) is 0 Å². The van der Waals surface area contributed by atoms with Crippen molar-refractivity contribution in [2.75, 3.05) is 25.0 Å². The molecule has 31 heavy (non-hydrogen) atoms. The predicted octanol–water partition coefficient (Wildman–Crippen LogP) is 3.02. The van der Waals surface area contributed by atoms with E-state index in [1.807, 2.05) is 0 Å². The molecule has 1 aromatic heterocycles. The smallest absolute Gasteiger partial charge is 0.349 e. The van der Waals surface area contributed by atoms with Gasteiger partial charge in [0.1, 0.15) is 4.88 Å². The van der Waals surface area contributed by atoms with Crippen molar-refractivity contribution in [3.05, 3.63) is 51.4 Å². The summed E-state index contributed by atoms with van der Waals surface area (Å²) in [6.07, 6.45) is 3.63. The van der Waals surface area contributed by atoms with E-state index >= 15 is 0 Å². The van der Waals surface area contributed by atoms with Crippen LogP contribution in [0.4, 0.5) is 10.7 Å². The number of carbonyl (C=O) groups is 2. The van der Waals surface area contributed by atoms with Gasteiger partial charge in [0, 0.05) is 24.8 Å². The Labute approximate surface area is 183 Å². The molecule has 2 aromatic rings. The lowest BCUT2D eigenvalue weighted by Crippen LogP contribution is -2.32. The molecule has 10 nitrogen and oxygen atoms in total. The van der Waals surface area contributed by atoms with Gasteiger partial charge in [0.05, 0.1) is 9.82 Å². The number of hydrogen-bond donors (Lipinski definition) is 1. The molecule has 0 aliphatic carbocycles. The number of carbonyl (C=O) groups excluding carboxylic acids is 2. The van der Waals surface area contributed by atoms with Gasteiger partial charge in [0.25, 0.3) is 5.91 Å². The van der Waals surface area contributed by atoms with Crippen molar-refractivity contribution in [2.45, 2.75) is 30.6 Å². The normalized spacial score (nSPS) is 15.1. The van der Waals surface area contributed by atoms with Crippen molar-refractivity contribution < 1.29 is 27.7 Å². The highest BCUT2D eigenvalue weighted by molar-refractivity contribution is 7.89. The Morgan fingerprint density at radius 1 is 1.13 bits per heavy atom. The number of nitrogens with one attached hydrogen (secondary N) is 1. The standard InChI is InChI=1S/C19H21N3O7S2/c23-17(13-29-19(24)16-8-9-18(30-16)22(25)26)20-14-6-5-7-15(12-14)31(27,28)21-10-3-1-2-4-11-21/h5-9,12H,1-4,10-11,13H2,(H,20,23). The third kappa shape index (κ3) is 5.87. The summed E-state index contributed by atoms with van der Waals surface area (Å²) in [7, 11) is -3.67. The van der Waals surface area contributed by atoms with Crippen molar-refractivity contribution >= 4 is 43.9 Å². The number of nitrogens with zero attached hydrogens (tertiary/aromatic N) is 2. The highest BCUT2D eigenvalue weighted by Crippen LogP contribution is 2.25. The van der Waals surface area contributed by atoms with Crippen LogP contribution in [0.15, 0.2) is 41.3 Å². The van der Waals surface area contributed by atoms with Crippen LogP contribution in [0.5, 0.6) is 0 Å². The van der Waals surface area contributed by atoms with Crippen LogP contribution in [-0.4, -0.2) is 49.2 Å². The Balaban J connectivity index is 1.60. The largest absolute Gasteiger partial charge is 0.451 e. The summed E-state index contributed by atoms with van der Waals surface area (Å²) in [5, 5.41) is 13.0. The van der Waals surface area contributed by atoms with E-state index in [1.165, 1.54) is 40.7 Å². The van der Waals surface area contributed by atoms with E-state index in [2.05, 4.69) is 5.32 Å². The minimum absolute atomic E-state index is 0.00467. The van der Waals surface area contributed by atoms with Crippen LogP contribution in [0.1, 0.15) is 35.4 Å². The molecule has 0 radical (unpaired) electrons. The quantitative estimate of drug-likeness (QED) is 0.375. The van der Waals surface area contributed by atoms with Crippen molar-refractivity contribution in [2.24, 2.45) is 0 Å². The molecule has 166 valence electrons. The van der Waals surface area contributed by atoms with E-state index in [9.17, 15) is 28.1 Å². The molecule has 12 heteroatoms. The number of anilines is 1. The zero-order valence-corrected chi connectivity index (χ0v) is 18.1. The number of hydrogen-bond acceptors (Lipinski definition) is 8. The maximum Gasteiger partial charge on any atom is 0.349 e. The topological polar surface area (TPSA) is 136 Å². The molecule has 1 aliphatic rings. The van der Waals surface area contributed by atoms with Crippen molar-refractivity contribution in [1.82, 2.24) is 4.31 Å². The summed E-state index contributed by atoms with van der Waals surface area (Å²) in [5.41, 5.74) is 0.253. The van der Waals surface area contributed by atoms with E-state index < -0.39 is 33.4 Å². The number of ether oxygens (including phenoxy) is 1. The van der Waals surface area contributed by atoms with Crippen LogP contribution in [0.25, 0.3) is 0 Å². The van der Waals surface area contributed by atoms with Crippen molar-refractivity contribution in [3.63, 3.8) is 0 Å². The summed E-state index contributed by atoms with van der Waals surface area (Å²) in [6, 6.07) is 8.32. The average molecular weight is 468 g/mol. The third-order valence-corrected chi connectivity index (χ3v) is 7.54. The number of rotatable bonds is 7. The van der Waals surface area contributed by atoms with Crippen molar-refractivity contribution in [3.8, 4) is 0 Å². The molecule has 3 rings (SSSR count). The number of nitro groups is 1. The van der Waals surface area contributed by atoms with Gasteiger partial charge in [-0.25, -0.2) is 13.2 Å². The first-order valence-electron chi connectivity index (χ1n) is 9.59. The second kappa shape index (κ2) is 9.98. The van der Waals surface area contributed by atoms with Crippen LogP contribution in [0, 0.1) is 10.1 Å². The Morgan fingerprint density at radius 3 is 2.48 bits per heavy atom. The first-order valence-corrected chi connectivity index (χ1v) is 11.8. The van der Waals surface area contributed by atoms with E-state index in [-0.39, 0.29) is 20.5 Å². The fraction of sp³-hybridized carbons (Fsp3) is 0.368. The van der Waals surface area contributed by atoms with Crippen LogP contribution in [-0.2, 0) is 19.6 Å². The average Bonchev–Trinajstić information content (AvgIpc) is 3.08. The Bertz CT molecular complexity index is 1070. The first-order chi connectivity index (χ1) is 14.8. The van der Waals surface area contributed by atoms with E-state index in [4.69, 9.17) is 4.74 Å². The molecule has 2 heterocycles. The van der Waals surface area contributed by atoms with Gasteiger partial charge in [-0.3, -0.25) is 14.9 Å². The second-order valence-electron chi connectivity index (χ2n) is 6.87. The summed E-state index contributed by atoms with van der Waals surface area (Å²) < 4.78 is 32.1. The van der Waals surface area contributed by atoms with Crippen molar-refractivity contribution in [1.29, 1.82) is 0 Å². The monoisotopic (exact) mass is 467 g/mol. The zero-order valence-electron chi connectivity index (χ0n) is 16.5. The van der Waals surface area contributed by atoms with Crippen LogP contribution in [0.3, 0.4) is 0 Å². The van der Waals surface area contributed by atoms with Gasteiger partial charge in [0.15, 0.2) is 6.61 Å². The fourth-order valence-corrected chi connectivity index (χ4v) is 5.38. The fourth-order valence-electron chi connectivity index (χ4n) is 3.10. The molecule has 1 aliphatic heterocycles. The van der Waals surface area contributed by atoms with Gasteiger partial charge in [-0.05, 0) is 37.1 Å². The predicted molar refractivity (Wildman–Crippen MR) is 114 cm³/mol. The van der Waals surface area contributed by atoms with E-state index in [0.717, 1.165) is 25.7 Å². The highest BCUT2D eigenvalue weighted by atomic mass is 32.2. The summed E-state index contributed by atoms with van der Waals surface area (Å²) >= 11 is 0.648. The minimum Gasteiger partial charge on any atom is -0.451 e. The number of sulfonamides is 1. The molecule has 0 spiro atoms. The molecule has 1 amide bonds. The molecule has 0 bridgehead atoms. The molecule has 0 saturated carbocycles. The molecule has 1 aromatic carbocycles. The number of esters is 1. The lowest BCUT2D eigenvalue weighted by Gasteiger charge is -2.20. The maximum absolute atomic E-state index is 12.9. The summed E-state index contributed by atoms with van der Waals surface area (Å²) in [6.45, 7) is 0.319. The molecule has 1 saturated heterocycles. The van der Waals surface area contributed by atoms with Gasteiger partial charge in [0.2, 0.25) is 10.0 Å². The lowest BCUT2D eigenvalue weighted by molar-refractivity contribution is -0.380. The molecule has 0 unspecified atom stereocenters. The Hall–Kier alpha value is -2.83. The SMILES string of the molecule is O=C(COC(=O)c1ccc([N+](=O)[O-])s1)Nc1cccc(S(=O)(=O)N2CCCCCC2)c1. The molecule has 1 N–H and O–H groups in total. The molecule has 1 fully saturated rings. The second-order valence-corrected chi connectivity index (χ2v) is 9.87. The summed E-state index contributed by atoms with van der Waals surface area (Å²) in [5.74, 6) is -1.52. The number of thiophene rings is 1. The minimum atomic E-state index is -3.67. The zero-order chi connectivity index (χ0) is 22.4. The van der Waals surface area contributed by atoms with Gasteiger partial charge >= 0.3 is 11.0 Å². The van der Waals surface area contributed by atoms with Gasteiger partial charge in [-0.2, -0.15) is 4.31 Å². The molecule has 0 atom stereocenters. The summed E-state index contributed by atoms with van der Waals surface area (Å²) in [4.78, 5) is 34.2. The first kappa shape index (κ1) is 22.8.